The van der Waals surface area contributed by atoms with Gasteiger partial charge in [-0.3, -0.25) is 4.98 Å². The first-order chi connectivity index (χ1) is 21.9. The Kier molecular flexibility index (Phi) is 4.72. The Morgan fingerprint density at radius 2 is 1.00 bits per heavy atom. The minimum atomic E-state index is 1.03. The number of hydrogen-bond acceptors (Lipinski definition) is 1. The Hall–Kier alpha value is -5.93. The van der Waals surface area contributed by atoms with E-state index in [4.69, 9.17) is 4.98 Å². The Labute approximate surface area is 252 Å². The van der Waals surface area contributed by atoms with Crippen LogP contribution in [0, 0.1) is 0 Å². The second-order valence-corrected chi connectivity index (χ2v) is 11.6. The van der Waals surface area contributed by atoms with Crippen molar-refractivity contribution in [3.05, 3.63) is 152 Å². The number of benzene rings is 7. The highest BCUT2D eigenvalue weighted by Gasteiger charge is 2.20. The number of aromatic nitrogens is 3. The fourth-order valence-electron chi connectivity index (χ4n) is 7.54. The van der Waals surface area contributed by atoms with E-state index in [0.29, 0.717) is 0 Å². The summed E-state index contributed by atoms with van der Waals surface area (Å²) in [6.45, 7) is 0. The Bertz CT molecular complexity index is 2780. The summed E-state index contributed by atoms with van der Waals surface area (Å²) in [7, 11) is 0. The maximum Gasteiger partial charge on any atom is 0.0801 e. The number of fused-ring (bicyclic) bond motifs is 13. The molecule has 0 saturated heterocycles. The largest absolute Gasteiger partial charge is 0.309 e. The van der Waals surface area contributed by atoms with Gasteiger partial charge < -0.3 is 9.13 Å². The molecule has 204 valence electrons. The van der Waals surface area contributed by atoms with Crippen molar-refractivity contribution >= 4 is 76.1 Å². The molecule has 0 N–H and O–H groups in total. The van der Waals surface area contributed by atoms with Crippen molar-refractivity contribution in [2.24, 2.45) is 0 Å². The van der Waals surface area contributed by atoms with Gasteiger partial charge in [0.15, 0.2) is 0 Å². The minimum absolute atomic E-state index is 1.03. The van der Waals surface area contributed by atoms with Crippen molar-refractivity contribution in [3.8, 4) is 11.4 Å². The third kappa shape index (κ3) is 3.08. The topological polar surface area (TPSA) is 22.8 Å². The molecule has 10 aromatic rings. The summed E-state index contributed by atoms with van der Waals surface area (Å²) in [5, 5.41) is 11.2. The molecule has 0 aliphatic carbocycles. The van der Waals surface area contributed by atoms with E-state index >= 15 is 0 Å². The number of hydrogen-bond donors (Lipinski definition) is 0. The zero-order valence-electron chi connectivity index (χ0n) is 23.8. The van der Waals surface area contributed by atoms with Crippen LogP contribution in [-0.4, -0.2) is 14.1 Å². The van der Waals surface area contributed by atoms with Gasteiger partial charge in [0.2, 0.25) is 0 Å². The van der Waals surface area contributed by atoms with Crippen LogP contribution in [0.25, 0.3) is 87.4 Å². The van der Waals surface area contributed by atoms with E-state index in [1.54, 1.807) is 0 Å². The van der Waals surface area contributed by atoms with Crippen molar-refractivity contribution in [2.75, 3.05) is 0 Å². The van der Waals surface area contributed by atoms with Crippen molar-refractivity contribution < 1.29 is 0 Å². The lowest BCUT2D eigenvalue weighted by molar-refractivity contribution is 1.14. The van der Waals surface area contributed by atoms with Crippen molar-refractivity contribution in [2.45, 2.75) is 0 Å². The quantitative estimate of drug-likeness (QED) is 0.193. The zero-order valence-corrected chi connectivity index (χ0v) is 23.8. The van der Waals surface area contributed by atoms with Gasteiger partial charge in [-0.2, -0.15) is 0 Å². The Morgan fingerprint density at radius 1 is 0.386 bits per heavy atom. The number of pyridine rings is 1. The normalized spacial score (nSPS) is 12.1. The molecule has 0 radical (unpaired) electrons. The van der Waals surface area contributed by atoms with Crippen LogP contribution >= 0.6 is 0 Å². The van der Waals surface area contributed by atoms with Crippen LogP contribution in [0.2, 0.25) is 0 Å². The summed E-state index contributed by atoms with van der Waals surface area (Å²) in [4.78, 5) is 4.90. The van der Waals surface area contributed by atoms with Crippen molar-refractivity contribution in [1.82, 2.24) is 14.1 Å². The summed E-state index contributed by atoms with van der Waals surface area (Å²) in [5.41, 5.74) is 8.10. The molecule has 44 heavy (non-hydrogen) atoms. The van der Waals surface area contributed by atoms with Gasteiger partial charge >= 0.3 is 0 Å². The lowest BCUT2D eigenvalue weighted by atomic mass is 10.00. The van der Waals surface area contributed by atoms with Gasteiger partial charge in [0.05, 0.1) is 27.6 Å². The van der Waals surface area contributed by atoms with Crippen LogP contribution in [0.4, 0.5) is 0 Å². The van der Waals surface area contributed by atoms with E-state index in [2.05, 4.69) is 155 Å². The molecule has 3 nitrogen and oxygen atoms in total. The van der Waals surface area contributed by atoms with Gasteiger partial charge in [0, 0.05) is 49.9 Å². The Balaban J connectivity index is 1.34. The van der Waals surface area contributed by atoms with E-state index in [9.17, 15) is 0 Å². The number of nitrogens with zero attached hydrogens (tertiary/aromatic N) is 3. The molecule has 0 aliphatic heterocycles. The predicted molar refractivity (Wildman–Crippen MR) is 185 cm³/mol. The van der Waals surface area contributed by atoms with Crippen LogP contribution in [0.15, 0.2) is 152 Å². The molecule has 0 fully saturated rings. The fourth-order valence-corrected chi connectivity index (χ4v) is 7.54. The highest BCUT2D eigenvalue weighted by atomic mass is 15.0. The van der Waals surface area contributed by atoms with Gasteiger partial charge in [-0.05, 0) is 64.7 Å². The lowest BCUT2D eigenvalue weighted by Crippen LogP contribution is -1.99. The molecular formula is C41H25N3. The third-order valence-corrected chi connectivity index (χ3v) is 9.30. The summed E-state index contributed by atoms with van der Waals surface area (Å²) in [6, 6.07) is 52.7. The number of para-hydroxylation sites is 2. The van der Waals surface area contributed by atoms with Crippen molar-refractivity contribution in [3.63, 3.8) is 0 Å². The molecule has 3 heterocycles. The second kappa shape index (κ2) is 8.79. The first kappa shape index (κ1) is 23.6. The van der Waals surface area contributed by atoms with Crippen LogP contribution in [0.3, 0.4) is 0 Å². The molecular weight excluding hydrogens is 534 g/mol. The molecule has 0 amide bonds. The van der Waals surface area contributed by atoms with E-state index in [1.807, 2.05) is 6.20 Å². The molecule has 0 saturated carbocycles. The van der Waals surface area contributed by atoms with E-state index < -0.39 is 0 Å². The molecule has 7 aromatic carbocycles. The molecule has 3 heteroatoms. The summed E-state index contributed by atoms with van der Waals surface area (Å²) < 4.78 is 4.86. The Morgan fingerprint density at radius 3 is 1.82 bits per heavy atom. The van der Waals surface area contributed by atoms with Crippen molar-refractivity contribution in [1.29, 1.82) is 0 Å². The molecule has 0 aliphatic rings. The average molecular weight is 560 g/mol. The van der Waals surface area contributed by atoms with Gasteiger partial charge in [0.1, 0.15) is 0 Å². The van der Waals surface area contributed by atoms with Gasteiger partial charge in [0.25, 0.3) is 0 Å². The van der Waals surface area contributed by atoms with E-state index in [-0.39, 0.29) is 0 Å². The molecule has 0 spiro atoms. The van der Waals surface area contributed by atoms with E-state index in [0.717, 1.165) is 22.3 Å². The second-order valence-electron chi connectivity index (χ2n) is 11.6. The fraction of sp³-hybridized carbons (Fsp3) is 0. The van der Waals surface area contributed by atoms with Crippen LogP contribution < -0.4 is 0 Å². The zero-order chi connectivity index (χ0) is 28.8. The first-order valence-corrected chi connectivity index (χ1v) is 15.1. The molecule has 3 aromatic heterocycles. The standard InChI is InChI=1S/C41H25N3/c1-2-14-29-26(11-1)22-23-37-38(29)32-17-5-7-20-35(32)43(37)27-12-9-13-28(25-27)44-36-21-8-6-18-33(36)39-30-15-3-4-16-31(30)40-34(41(39)44)19-10-24-42-40/h1-25H. The van der Waals surface area contributed by atoms with Crippen LogP contribution in [0.5, 0.6) is 0 Å². The van der Waals surface area contributed by atoms with Gasteiger partial charge in [-0.25, -0.2) is 0 Å². The first-order valence-electron chi connectivity index (χ1n) is 15.1. The summed E-state index contributed by atoms with van der Waals surface area (Å²) in [6.07, 6.45) is 1.90. The van der Waals surface area contributed by atoms with Crippen LogP contribution in [-0.2, 0) is 0 Å². The van der Waals surface area contributed by atoms with Gasteiger partial charge in [-0.1, -0.05) is 97.1 Å². The summed E-state index contributed by atoms with van der Waals surface area (Å²) >= 11 is 0. The maximum absolute atomic E-state index is 4.90. The predicted octanol–water partition coefficient (Wildman–Crippen LogP) is 10.7. The smallest absolute Gasteiger partial charge is 0.0801 e. The highest BCUT2D eigenvalue weighted by molar-refractivity contribution is 6.31. The van der Waals surface area contributed by atoms with Crippen LogP contribution in [0.1, 0.15) is 0 Å². The molecule has 10 rings (SSSR count). The molecule has 0 atom stereocenters. The monoisotopic (exact) mass is 559 g/mol. The minimum Gasteiger partial charge on any atom is -0.309 e. The molecule has 0 bridgehead atoms. The average Bonchev–Trinajstić information content (AvgIpc) is 3.63. The highest BCUT2D eigenvalue weighted by Crippen LogP contribution is 2.42. The maximum atomic E-state index is 4.90. The van der Waals surface area contributed by atoms with E-state index in [1.165, 1.54) is 65.2 Å². The third-order valence-electron chi connectivity index (χ3n) is 9.30. The number of rotatable bonds is 2. The SMILES string of the molecule is c1cc(-n2c3ccccc3c3c4ccccc4ccc32)cc(-n2c3ccccc3c3c4ccccc4c4ncccc4c32)c1. The summed E-state index contributed by atoms with van der Waals surface area (Å²) in [5.74, 6) is 0. The molecule has 0 unspecified atom stereocenters. The van der Waals surface area contributed by atoms with Gasteiger partial charge in [-0.15, -0.1) is 0 Å². The lowest BCUT2D eigenvalue weighted by Gasteiger charge is -2.14.